The number of anilines is 1. The molecule has 10 heteroatoms. The number of hydrogen-bond donors (Lipinski definition) is 1. The molecule has 0 bridgehead atoms. The van der Waals surface area contributed by atoms with Crippen LogP contribution >= 0.6 is 0 Å². The summed E-state index contributed by atoms with van der Waals surface area (Å²) in [7, 11) is 3.12. The topological polar surface area (TPSA) is 116 Å². The first kappa shape index (κ1) is 32.5. The number of nitrogen functional groups attached to an aromatic ring is 1. The van der Waals surface area contributed by atoms with Crippen LogP contribution in [0.25, 0.3) is 11.6 Å². The lowest BCUT2D eigenvalue weighted by atomic mass is 9.93. The van der Waals surface area contributed by atoms with E-state index in [0.29, 0.717) is 77.5 Å². The molecule has 3 aromatic rings. The average Bonchev–Trinajstić information content (AvgIpc) is 3.83. The maximum atomic E-state index is 13.9. The molecule has 2 N–H and O–H groups in total. The fourth-order valence-electron chi connectivity index (χ4n) is 7.24. The summed E-state index contributed by atoms with van der Waals surface area (Å²) >= 11 is 0. The zero-order valence-electron chi connectivity index (χ0n) is 29.0. The SMILES string of the molecule is COc1cc2c(cc1OCCCOc1cc3c(cc1OC)C(=O)N1C=C(c4ccc(N)cc4)C[C@@]1(C)C=N3)C=C=C[C@@H]1CC(C3CC3)=CN1C2=O. The first-order chi connectivity index (χ1) is 24.7. The van der Waals surface area contributed by atoms with Crippen LogP contribution in [0.5, 0.6) is 23.0 Å². The smallest absolute Gasteiger partial charge is 0.260 e. The van der Waals surface area contributed by atoms with Crippen molar-refractivity contribution in [2.45, 2.75) is 50.6 Å². The number of nitrogens with zero attached hydrogens (tertiary/aromatic N) is 3. The molecule has 0 spiro atoms. The second-order valence-corrected chi connectivity index (χ2v) is 13.8. The van der Waals surface area contributed by atoms with Gasteiger partial charge in [0.1, 0.15) is 0 Å². The van der Waals surface area contributed by atoms with Crippen molar-refractivity contribution in [2.75, 3.05) is 33.2 Å². The summed E-state index contributed by atoms with van der Waals surface area (Å²) in [5.74, 6) is 2.35. The predicted octanol–water partition coefficient (Wildman–Crippen LogP) is 7.19. The monoisotopic (exact) mass is 684 g/mol. The minimum Gasteiger partial charge on any atom is -0.493 e. The Morgan fingerprint density at radius 1 is 0.902 bits per heavy atom. The molecule has 1 aliphatic carbocycles. The van der Waals surface area contributed by atoms with Crippen LogP contribution in [0.4, 0.5) is 11.4 Å². The number of carbonyl (C=O) groups excluding carboxylic acids is 2. The molecule has 0 aromatic heterocycles. The van der Waals surface area contributed by atoms with E-state index in [1.54, 1.807) is 37.3 Å². The standard InChI is InChI=1S/C41H40N4O6/c1-41-21-29(26-10-12-30(42)13-11-26)23-45(41)40(47)33-19-36(49-3)38(20-34(33)43-24-41)51-15-5-14-50-37-17-27-6-4-7-31-16-28(25-8-9-25)22-44(31)39(46)32(27)18-35(37)48-2/h6-7,10-13,17-20,22-25,31H,5,8-9,14-16,21,42H2,1-3H3/t4?,31-,41+/m1/s1. The fourth-order valence-corrected chi connectivity index (χ4v) is 7.24. The average molecular weight is 685 g/mol. The highest BCUT2D eigenvalue weighted by molar-refractivity contribution is 6.06. The van der Waals surface area contributed by atoms with Gasteiger partial charge in [-0.2, -0.15) is 0 Å². The van der Waals surface area contributed by atoms with E-state index < -0.39 is 5.54 Å². The molecule has 0 radical (unpaired) electrons. The van der Waals surface area contributed by atoms with Crippen LogP contribution in [-0.4, -0.2) is 66.8 Å². The summed E-state index contributed by atoms with van der Waals surface area (Å²) in [4.78, 5) is 35.9. The van der Waals surface area contributed by atoms with Gasteiger partial charge in [0.25, 0.3) is 11.8 Å². The highest BCUT2D eigenvalue weighted by Gasteiger charge is 2.42. The number of ether oxygens (including phenoxy) is 4. The summed E-state index contributed by atoms with van der Waals surface area (Å²) in [6.07, 6.45) is 14.0. The van der Waals surface area contributed by atoms with E-state index in [4.69, 9.17) is 29.7 Å². The molecule has 4 heterocycles. The van der Waals surface area contributed by atoms with Gasteiger partial charge in [0, 0.05) is 43.2 Å². The molecule has 3 aromatic carbocycles. The van der Waals surface area contributed by atoms with Crippen molar-refractivity contribution in [3.05, 3.63) is 101 Å². The Labute approximate surface area is 297 Å². The maximum Gasteiger partial charge on any atom is 0.260 e. The van der Waals surface area contributed by atoms with Crippen molar-refractivity contribution < 1.29 is 28.5 Å². The van der Waals surface area contributed by atoms with Crippen LogP contribution in [-0.2, 0) is 0 Å². The molecule has 260 valence electrons. The number of nitrogens with two attached hydrogens (primary N) is 1. The minimum absolute atomic E-state index is 0.00284. The Morgan fingerprint density at radius 2 is 1.61 bits per heavy atom. The first-order valence-corrected chi connectivity index (χ1v) is 17.4. The van der Waals surface area contributed by atoms with Crippen molar-refractivity contribution in [1.82, 2.24) is 9.80 Å². The molecule has 1 fully saturated rings. The Morgan fingerprint density at radius 3 is 2.31 bits per heavy atom. The van der Waals surface area contributed by atoms with E-state index >= 15 is 0 Å². The third-order valence-electron chi connectivity index (χ3n) is 10.2. The fraction of sp³-hybridized carbons (Fsp3) is 0.317. The largest absolute Gasteiger partial charge is 0.493 e. The van der Waals surface area contributed by atoms with E-state index in [-0.39, 0.29) is 17.9 Å². The van der Waals surface area contributed by atoms with E-state index in [1.165, 1.54) is 18.4 Å². The van der Waals surface area contributed by atoms with Crippen molar-refractivity contribution in [1.29, 1.82) is 0 Å². The number of amides is 2. The van der Waals surface area contributed by atoms with Gasteiger partial charge < -0.3 is 34.5 Å². The summed E-state index contributed by atoms with van der Waals surface area (Å²) in [6, 6.07) is 14.7. The number of hydrogen-bond acceptors (Lipinski definition) is 8. The van der Waals surface area contributed by atoms with Crippen molar-refractivity contribution in [3.63, 3.8) is 0 Å². The Balaban J connectivity index is 0.937. The van der Waals surface area contributed by atoms with Gasteiger partial charge in [0.15, 0.2) is 23.0 Å². The molecule has 8 rings (SSSR count). The third-order valence-corrected chi connectivity index (χ3v) is 10.2. The molecule has 0 saturated heterocycles. The van der Waals surface area contributed by atoms with Crippen molar-refractivity contribution >= 4 is 41.1 Å². The second-order valence-electron chi connectivity index (χ2n) is 13.8. The number of methoxy groups -OCH3 is 2. The quantitative estimate of drug-likeness (QED) is 0.137. The zero-order chi connectivity index (χ0) is 35.3. The molecule has 5 aliphatic rings. The van der Waals surface area contributed by atoms with Gasteiger partial charge in [-0.05, 0) is 96.9 Å². The lowest BCUT2D eigenvalue weighted by Crippen LogP contribution is -2.43. The molecule has 51 heavy (non-hydrogen) atoms. The van der Waals surface area contributed by atoms with Gasteiger partial charge in [-0.25, -0.2) is 0 Å². The van der Waals surface area contributed by atoms with Gasteiger partial charge in [0.05, 0.1) is 55.8 Å². The van der Waals surface area contributed by atoms with E-state index in [0.717, 1.165) is 23.1 Å². The van der Waals surface area contributed by atoms with E-state index in [2.05, 4.69) is 5.73 Å². The van der Waals surface area contributed by atoms with Crippen molar-refractivity contribution in [3.8, 4) is 23.0 Å². The predicted molar refractivity (Wildman–Crippen MR) is 196 cm³/mol. The Bertz CT molecular complexity index is 2090. The van der Waals surface area contributed by atoms with Crippen LogP contribution in [0, 0.1) is 5.92 Å². The van der Waals surface area contributed by atoms with Crippen LogP contribution in [0.2, 0.25) is 0 Å². The number of benzene rings is 3. The summed E-state index contributed by atoms with van der Waals surface area (Å²) in [5.41, 5.74) is 14.9. The van der Waals surface area contributed by atoms with Gasteiger partial charge in [-0.3, -0.25) is 14.6 Å². The van der Waals surface area contributed by atoms with E-state index in [1.807, 2.05) is 72.9 Å². The van der Waals surface area contributed by atoms with Gasteiger partial charge >= 0.3 is 0 Å². The summed E-state index contributed by atoms with van der Waals surface area (Å²) < 4.78 is 23.6. The Kier molecular flexibility index (Phi) is 8.19. The summed E-state index contributed by atoms with van der Waals surface area (Å²) in [6.45, 7) is 2.67. The molecule has 4 aliphatic heterocycles. The molecule has 2 amide bonds. The lowest BCUT2D eigenvalue weighted by molar-refractivity contribution is 0.0762. The number of rotatable bonds is 10. The van der Waals surface area contributed by atoms with Crippen molar-refractivity contribution in [2.24, 2.45) is 10.9 Å². The molecule has 1 saturated carbocycles. The number of fused-ring (bicyclic) bond motifs is 4. The second kappa shape index (κ2) is 12.9. The highest BCUT2D eigenvalue weighted by Crippen LogP contribution is 2.45. The third kappa shape index (κ3) is 6.06. The summed E-state index contributed by atoms with van der Waals surface area (Å²) in [5, 5.41) is 0. The van der Waals surface area contributed by atoms with Crippen LogP contribution < -0.4 is 24.7 Å². The lowest BCUT2D eigenvalue weighted by Gasteiger charge is -2.29. The Hall–Kier alpha value is -5.73. The zero-order valence-corrected chi connectivity index (χ0v) is 29.0. The van der Waals surface area contributed by atoms with Crippen LogP contribution in [0.1, 0.15) is 70.9 Å². The molecule has 10 nitrogen and oxygen atoms in total. The molecule has 0 unspecified atom stereocenters. The van der Waals surface area contributed by atoms with Gasteiger partial charge in [0.2, 0.25) is 0 Å². The highest BCUT2D eigenvalue weighted by atomic mass is 16.5. The number of carbonyl (C=O) groups is 2. The van der Waals surface area contributed by atoms with Crippen LogP contribution in [0.15, 0.2) is 83.3 Å². The van der Waals surface area contributed by atoms with Gasteiger partial charge in [-0.1, -0.05) is 12.1 Å². The molecule has 2 atom stereocenters. The van der Waals surface area contributed by atoms with E-state index in [9.17, 15) is 9.59 Å². The van der Waals surface area contributed by atoms with Gasteiger partial charge in [-0.15, -0.1) is 5.73 Å². The normalized spacial score (nSPS) is 21.5. The molecular formula is C41H40N4O6. The number of aliphatic imine (C=N–C) groups is 1. The maximum absolute atomic E-state index is 13.9. The minimum atomic E-state index is -0.624. The van der Waals surface area contributed by atoms with Crippen LogP contribution in [0.3, 0.4) is 0 Å². The molecular weight excluding hydrogens is 644 g/mol. The first-order valence-electron chi connectivity index (χ1n) is 17.4.